The molecule has 0 aliphatic carbocycles. The molecule has 0 aromatic heterocycles. The number of nitrogens with zero attached hydrogens (tertiary/aromatic N) is 1. The maximum atomic E-state index is 11.5. The smallest absolute Gasteiger partial charge is 0.334 e. The molecule has 2 amide bonds. The van der Waals surface area contributed by atoms with Crippen molar-refractivity contribution in [1.29, 1.82) is 0 Å². The quantitative estimate of drug-likeness (QED) is 0.587. The number of rotatable bonds is 7. The van der Waals surface area contributed by atoms with E-state index in [1.54, 1.807) is 4.90 Å². The van der Waals surface area contributed by atoms with Gasteiger partial charge in [0, 0.05) is 13.1 Å². The number of carbonyl (C=O) groups excluding carboxylic acids is 1. The standard InChI is InChI=1S/C10H20N2O4/c1-3-5-6-12(4-2)10(16)11-7-8(13)9(14)15/h8,13H,3-7H2,1-2H3,(H,11,16)(H,14,15). The van der Waals surface area contributed by atoms with E-state index in [9.17, 15) is 9.59 Å². The van der Waals surface area contributed by atoms with Crippen LogP contribution in [-0.4, -0.2) is 52.9 Å². The number of carboxylic acid groups (broad SMARTS) is 1. The van der Waals surface area contributed by atoms with Gasteiger partial charge in [-0.15, -0.1) is 0 Å². The molecule has 0 fully saturated rings. The lowest BCUT2D eigenvalue weighted by molar-refractivity contribution is -0.146. The van der Waals surface area contributed by atoms with Crippen LogP contribution in [0.4, 0.5) is 4.79 Å². The molecule has 0 saturated heterocycles. The number of aliphatic hydroxyl groups excluding tert-OH is 1. The second-order valence-electron chi connectivity index (χ2n) is 3.47. The first kappa shape index (κ1) is 14.7. The van der Waals surface area contributed by atoms with Gasteiger partial charge in [0.2, 0.25) is 0 Å². The number of nitrogens with one attached hydrogen (secondary N) is 1. The third-order valence-electron chi connectivity index (χ3n) is 2.18. The Labute approximate surface area is 95.2 Å². The number of urea groups is 1. The fourth-order valence-corrected chi connectivity index (χ4v) is 1.14. The number of amides is 2. The largest absolute Gasteiger partial charge is 0.479 e. The van der Waals surface area contributed by atoms with Gasteiger partial charge >= 0.3 is 12.0 Å². The Kier molecular flexibility index (Phi) is 7.28. The lowest BCUT2D eigenvalue weighted by Crippen LogP contribution is -2.44. The lowest BCUT2D eigenvalue weighted by Gasteiger charge is -2.21. The number of hydrogen-bond acceptors (Lipinski definition) is 3. The predicted octanol–water partition coefficient (Wildman–Crippen LogP) is 0.263. The van der Waals surface area contributed by atoms with Crippen molar-refractivity contribution in [2.45, 2.75) is 32.8 Å². The maximum absolute atomic E-state index is 11.5. The highest BCUT2D eigenvalue weighted by atomic mass is 16.4. The van der Waals surface area contributed by atoms with Gasteiger partial charge in [-0.2, -0.15) is 0 Å². The molecular formula is C10H20N2O4. The zero-order chi connectivity index (χ0) is 12.6. The topological polar surface area (TPSA) is 89.9 Å². The molecule has 0 aromatic rings. The average molecular weight is 232 g/mol. The molecule has 0 saturated carbocycles. The summed E-state index contributed by atoms with van der Waals surface area (Å²) in [7, 11) is 0. The van der Waals surface area contributed by atoms with Crippen LogP contribution in [0.5, 0.6) is 0 Å². The van der Waals surface area contributed by atoms with E-state index in [4.69, 9.17) is 10.2 Å². The number of unbranched alkanes of at least 4 members (excludes halogenated alkanes) is 1. The average Bonchev–Trinajstić information content (AvgIpc) is 2.26. The van der Waals surface area contributed by atoms with Crippen molar-refractivity contribution in [2.75, 3.05) is 19.6 Å². The van der Waals surface area contributed by atoms with Gasteiger partial charge in [-0.25, -0.2) is 9.59 Å². The first-order valence-electron chi connectivity index (χ1n) is 5.46. The van der Waals surface area contributed by atoms with Gasteiger partial charge in [-0.1, -0.05) is 13.3 Å². The number of aliphatic hydroxyl groups is 1. The lowest BCUT2D eigenvalue weighted by atomic mass is 10.3. The Hall–Kier alpha value is -1.30. The van der Waals surface area contributed by atoms with Crippen LogP contribution in [0.1, 0.15) is 26.7 Å². The molecule has 0 bridgehead atoms. The van der Waals surface area contributed by atoms with Crippen molar-refractivity contribution in [1.82, 2.24) is 10.2 Å². The fraction of sp³-hybridized carbons (Fsp3) is 0.800. The van der Waals surface area contributed by atoms with Crippen molar-refractivity contribution < 1.29 is 19.8 Å². The number of carboxylic acids is 1. The molecule has 0 heterocycles. The molecule has 6 nitrogen and oxygen atoms in total. The summed E-state index contributed by atoms with van der Waals surface area (Å²) in [5, 5.41) is 19.8. The predicted molar refractivity (Wildman–Crippen MR) is 59.2 cm³/mol. The highest BCUT2D eigenvalue weighted by Gasteiger charge is 2.16. The molecule has 1 unspecified atom stereocenters. The van der Waals surface area contributed by atoms with Gasteiger partial charge in [0.05, 0.1) is 6.54 Å². The minimum atomic E-state index is -1.55. The summed E-state index contributed by atoms with van der Waals surface area (Å²) in [5.74, 6) is -1.34. The molecule has 0 rings (SSSR count). The Bertz CT molecular complexity index is 233. The number of carbonyl (C=O) groups is 2. The zero-order valence-corrected chi connectivity index (χ0v) is 9.77. The molecule has 16 heavy (non-hydrogen) atoms. The summed E-state index contributed by atoms with van der Waals surface area (Å²) in [6, 6.07) is -0.337. The normalized spacial score (nSPS) is 11.9. The second kappa shape index (κ2) is 7.92. The molecule has 0 aliphatic rings. The minimum absolute atomic E-state index is 0.267. The zero-order valence-electron chi connectivity index (χ0n) is 9.77. The summed E-state index contributed by atoms with van der Waals surface area (Å²) in [6.07, 6.45) is 0.346. The van der Waals surface area contributed by atoms with E-state index in [1.165, 1.54) is 0 Å². The Morgan fingerprint density at radius 2 is 2.00 bits per heavy atom. The second-order valence-corrected chi connectivity index (χ2v) is 3.47. The van der Waals surface area contributed by atoms with Crippen LogP contribution in [0.3, 0.4) is 0 Å². The van der Waals surface area contributed by atoms with Crippen LogP contribution in [-0.2, 0) is 4.79 Å². The van der Waals surface area contributed by atoms with Crippen molar-refractivity contribution in [3.05, 3.63) is 0 Å². The van der Waals surface area contributed by atoms with E-state index in [0.717, 1.165) is 12.8 Å². The van der Waals surface area contributed by atoms with Crippen LogP contribution in [0.25, 0.3) is 0 Å². The van der Waals surface area contributed by atoms with Crippen LogP contribution in [0, 0.1) is 0 Å². The summed E-state index contributed by atoms with van der Waals surface area (Å²) in [6.45, 7) is 4.82. The van der Waals surface area contributed by atoms with Gasteiger partial charge in [0.15, 0.2) is 6.10 Å². The number of hydrogen-bond donors (Lipinski definition) is 3. The van der Waals surface area contributed by atoms with E-state index in [1.807, 2.05) is 13.8 Å². The van der Waals surface area contributed by atoms with Gasteiger partial charge in [-0.05, 0) is 13.3 Å². The first-order chi connectivity index (χ1) is 7.52. The Morgan fingerprint density at radius 1 is 1.38 bits per heavy atom. The first-order valence-corrected chi connectivity index (χ1v) is 5.46. The molecule has 3 N–H and O–H groups in total. The summed E-state index contributed by atoms with van der Waals surface area (Å²) in [4.78, 5) is 23.4. The van der Waals surface area contributed by atoms with Crippen molar-refractivity contribution in [2.24, 2.45) is 0 Å². The van der Waals surface area contributed by atoms with E-state index < -0.39 is 12.1 Å². The Morgan fingerprint density at radius 3 is 2.44 bits per heavy atom. The van der Waals surface area contributed by atoms with Crippen LogP contribution in [0.2, 0.25) is 0 Å². The van der Waals surface area contributed by atoms with E-state index >= 15 is 0 Å². The minimum Gasteiger partial charge on any atom is -0.479 e. The molecule has 0 radical (unpaired) electrons. The molecule has 94 valence electrons. The summed E-state index contributed by atoms with van der Waals surface area (Å²) in [5.41, 5.74) is 0. The summed E-state index contributed by atoms with van der Waals surface area (Å²) < 4.78 is 0. The van der Waals surface area contributed by atoms with E-state index in [2.05, 4.69) is 5.32 Å². The third kappa shape index (κ3) is 5.55. The third-order valence-corrected chi connectivity index (χ3v) is 2.18. The van der Waals surface area contributed by atoms with Crippen molar-refractivity contribution in [3.63, 3.8) is 0 Å². The molecule has 0 aromatic carbocycles. The van der Waals surface area contributed by atoms with Gasteiger partial charge < -0.3 is 20.4 Å². The van der Waals surface area contributed by atoms with Gasteiger partial charge in [0.1, 0.15) is 0 Å². The highest BCUT2D eigenvalue weighted by Crippen LogP contribution is 1.95. The van der Waals surface area contributed by atoms with E-state index in [-0.39, 0.29) is 12.6 Å². The molecular weight excluding hydrogens is 212 g/mol. The number of aliphatic carboxylic acids is 1. The van der Waals surface area contributed by atoms with Crippen molar-refractivity contribution in [3.8, 4) is 0 Å². The van der Waals surface area contributed by atoms with Gasteiger partial charge in [-0.3, -0.25) is 0 Å². The maximum Gasteiger partial charge on any atom is 0.334 e. The molecule has 1 atom stereocenters. The van der Waals surface area contributed by atoms with Crippen LogP contribution in [0.15, 0.2) is 0 Å². The Balaban J connectivity index is 3.96. The molecule has 0 aliphatic heterocycles. The van der Waals surface area contributed by atoms with Gasteiger partial charge in [0.25, 0.3) is 0 Å². The van der Waals surface area contributed by atoms with Crippen LogP contribution >= 0.6 is 0 Å². The van der Waals surface area contributed by atoms with Crippen LogP contribution < -0.4 is 5.32 Å². The highest BCUT2D eigenvalue weighted by molar-refractivity contribution is 5.76. The molecule has 6 heteroatoms. The SMILES string of the molecule is CCCCN(CC)C(=O)NCC(O)C(=O)O. The monoisotopic (exact) mass is 232 g/mol. The molecule has 0 spiro atoms. The van der Waals surface area contributed by atoms with E-state index in [0.29, 0.717) is 13.1 Å². The van der Waals surface area contributed by atoms with Crippen molar-refractivity contribution >= 4 is 12.0 Å². The summed E-state index contributed by atoms with van der Waals surface area (Å²) >= 11 is 0. The fourth-order valence-electron chi connectivity index (χ4n) is 1.14.